The van der Waals surface area contributed by atoms with Gasteiger partial charge in [0.2, 0.25) is 0 Å². The standard InChI is InChI=1S/C13H14N2O2/c1-9-7-8-11(10-5-3-2-4-6-10)12(14)13(9)15(16)17/h2-6,8-9H,7,14H2,1H3. The van der Waals surface area contributed by atoms with E-state index in [4.69, 9.17) is 5.73 Å². The summed E-state index contributed by atoms with van der Waals surface area (Å²) in [6.45, 7) is 1.82. The van der Waals surface area contributed by atoms with E-state index in [-0.39, 0.29) is 16.5 Å². The van der Waals surface area contributed by atoms with E-state index in [0.29, 0.717) is 12.1 Å². The molecule has 1 unspecified atom stereocenters. The van der Waals surface area contributed by atoms with E-state index >= 15 is 0 Å². The maximum atomic E-state index is 11.0. The maximum absolute atomic E-state index is 11.0. The van der Waals surface area contributed by atoms with Gasteiger partial charge in [-0.15, -0.1) is 0 Å². The lowest BCUT2D eigenvalue weighted by Crippen LogP contribution is -2.20. The Hall–Kier alpha value is -2.10. The highest BCUT2D eigenvalue weighted by Gasteiger charge is 2.29. The van der Waals surface area contributed by atoms with Crippen molar-refractivity contribution >= 4 is 5.57 Å². The molecule has 0 saturated carbocycles. The highest BCUT2D eigenvalue weighted by molar-refractivity contribution is 5.79. The summed E-state index contributed by atoms with van der Waals surface area (Å²) < 4.78 is 0. The monoisotopic (exact) mass is 230 g/mol. The van der Waals surface area contributed by atoms with Gasteiger partial charge in [-0.05, 0) is 12.0 Å². The zero-order valence-corrected chi connectivity index (χ0v) is 9.59. The Morgan fingerprint density at radius 3 is 2.59 bits per heavy atom. The summed E-state index contributed by atoms with van der Waals surface area (Å²) in [5, 5.41) is 11.0. The number of allylic oxidation sites excluding steroid dienone is 3. The molecule has 2 rings (SSSR count). The third kappa shape index (κ3) is 2.06. The van der Waals surface area contributed by atoms with E-state index in [0.717, 1.165) is 11.1 Å². The van der Waals surface area contributed by atoms with Crippen molar-refractivity contribution in [3.63, 3.8) is 0 Å². The maximum Gasteiger partial charge on any atom is 0.272 e. The van der Waals surface area contributed by atoms with Crippen LogP contribution in [0.2, 0.25) is 0 Å². The Morgan fingerprint density at radius 2 is 2.00 bits per heavy atom. The van der Waals surface area contributed by atoms with Gasteiger partial charge in [-0.25, -0.2) is 0 Å². The second kappa shape index (κ2) is 4.41. The lowest BCUT2D eigenvalue weighted by Gasteiger charge is -2.18. The van der Waals surface area contributed by atoms with Crippen molar-refractivity contribution in [2.45, 2.75) is 13.3 Å². The SMILES string of the molecule is CC1CC=C(c2ccccc2)C(N)=C1[N+](=O)[O-]. The quantitative estimate of drug-likeness (QED) is 0.627. The number of nitro groups is 1. The molecule has 0 saturated heterocycles. The predicted molar refractivity (Wildman–Crippen MR) is 66.4 cm³/mol. The number of hydrogen-bond donors (Lipinski definition) is 1. The van der Waals surface area contributed by atoms with Crippen LogP contribution in [0.1, 0.15) is 18.9 Å². The van der Waals surface area contributed by atoms with Crippen molar-refractivity contribution in [3.8, 4) is 0 Å². The minimum absolute atomic E-state index is 0.127. The molecule has 1 aliphatic carbocycles. The number of nitrogens with two attached hydrogens (primary N) is 1. The molecule has 17 heavy (non-hydrogen) atoms. The summed E-state index contributed by atoms with van der Waals surface area (Å²) >= 11 is 0. The van der Waals surface area contributed by atoms with Crippen LogP contribution in [0, 0.1) is 16.0 Å². The van der Waals surface area contributed by atoms with Crippen LogP contribution in [-0.4, -0.2) is 4.92 Å². The Bertz CT molecular complexity index is 503. The van der Waals surface area contributed by atoms with Crippen LogP contribution in [0.15, 0.2) is 47.8 Å². The van der Waals surface area contributed by atoms with E-state index in [1.54, 1.807) is 0 Å². The normalized spacial score (nSPS) is 20.1. The molecule has 0 radical (unpaired) electrons. The lowest BCUT2D eigenvalue weighted by atomic mass is 9.89. The molecule has 0 heterocycles. The zero-order chi connectivity index (χ0) is 12.4. The predicted octanol–water partition coefficient (Wildman–Crippen LogP) is 2.56. The number of hydrogen-bond acceptors (Lipinski definition) is 3. The third-order valence-corrected chi connectivity index (χ3v) is 2.99. The van der Waals surface area contributed by atoms with Crippen LogP contribution in [0.3, 0.4) is 0 Å². The largest absolute Gasteiger partial charge is 0.393 e. The first-order valence-corrected chi connectivity index (χ1v) is 5.51. The average molecular weight is 230 g/mol. The summed E-state index contributed by atoms with van der Waals surface area (Å²) in [6, 6.07) is 9.52. The summed E-state index contributed by atoms with van der Waals surface area (Å²) in [4.78, 5) is 10.6. The van der Waals surface area contributed by atoms with Gasteiger partial charge >= 0.3 is 0 Å². The fourth-order valence-corrected chi connectivity index (χ4v) is 2.09. The molecule has 0 bridgehead atoms. The second-order valence-electron chi connectivity index (χ2n) is 4.18. The first-order valence-electron chi connectivity index (χ1n) is 5.51. The molecule has 0 aromatic heterocycles. The summed E-state index contributed by atoms with van der Waals surface area (Å²) in [5.41, 5.74) is 8.04. The van der Waals surface area contributed by atoms with Gasteiger partial charge in [0.25, 0.3) is 5.70 Å². The first-order chi connectivity index (χ1) is 8.11. The molecular weight excluding hydrogens is 216 g/mol. The number of nitrogens with zero attached hydrogens (tertiary/aromatic N) is 1. The summed E-state index contributed by atoms with van der Waals surface area (Å²) in [7, 11) is 0. The molecule has 1 atom stereocenters. The first kappa shape index (κ1) is 11.4. The van der Waals surface area contributed by atoms with Gasteiger partial charge in [0, 0.05) is 5.57 Å². The van der Waals surface area contributed by atoms with Gasteiger partial charge < -0.3 is 5.73 Å². The molecular formula is C13H14N2O2. The van der Waals surface area contributed by atoms with Crippen LogP contribution in [-0.2, 0) is 0 Å². The van der Waals surface area contributed by atoms with Crippen molar-refractivity contribution in [1.82, 2.24) is 0 Å². The van der Waals surface area contributed by atoms with Crippen LogP contribution in [0.5, 0.6) is 0 Å². The molecule has 2 N–H and O–H groups in total. The molecule has 0 spiro atoms. The summed E-state index contributed by atoms with van der Waals surface area (Å²) in [6.07, 6.45) is 2.63. The molecule has 1 aromatic carbocycles. The average Bonchev–Trinajstić information content (AvgIpc) is 2.30. The van der Waals surface area contributed by atoms with Crippen LogP contribution in [0.25, 0.3) is 5.57 Å². The third-order valence-electron chi connectivity index (χ3n) is 2.99. The Kier molecular flexibility index (Phi) is 2.95. The molecule has 1 aromatic rings. The molecule has 0 amide bonds. The van der Waals surface area contributed by atoms with E-state index in [9.17, 15) is 10.1 Å². The topological polar surface area (TPSA) is 69.2 Å². The van der Waals surface area contributed by atoms with E-state index in [1.807, 2.05) is 43.3 Å². The number of benzene rings is 1. The van der Waals surface area contributed by atoms with Gasteiger partial charge in [-0.2, -0.15) is 0 Å². The Morgan fingerprint density at radius 1 is 1.35 bits per heavy atom. The highest BCUT2D eigenvalue weighted by Crippen LogP contribution is 2.32. The fourth-order valence-electron chi connectivity index (χ4n) is 2.09. The number of rotatable bonds is 2. The van der Waals surface area contributed by atoms with Crippen LogP contribution < -0.4 is 5.73 Å². The van der Waals surface area contributed by atoms with E-state index in [2.05, 4.69) is 0 Å². The second-order valence-corrected chi connectivity index (χ2v) is 4.18. The molecule has 1 aliphatic rings. The van der Waals surface area contributed by atoms with Crippen molar-refractivity contribution in [3.05, 3.63) is 63.5 Å². The minimum atomic E-state index is -0.365. The molecule has 4 nitrogen and oxygen atoms in total. The smallest absolute Gasteiger partial charge is 0.272 e. The van der Waals surface area contributed by atoms with E-state index in [1.165, 1.54) is 0 Å². The van der Waals surface area contributed by atoms with Gasteiger partial charge in [0.1, 0.15) is 5.70 Å². The molecule has 88 valence electrons. The zero-order valence-electron chi connectivity index (χ0n) is 9.59. The molecule has 0 fully saturated rings. The van der Waals surface area contributed by atoms with Crippen molar-refractivity contribution in [2.75, 3.05) is 0 Å². The summed E-state index contributed by atoms with van der Waals surface area (Å²) in [5.74, 6) is -0.127. The van der Waals surface area contributed by atoms with Gasteiger partial charge in [-0.1, -0.05) is 43.3 Å². The molecule has 4 heteroatoms. The van der Waals surface area contributed by atoms with Crippen molar-refractivity contribution in [2.24, 2.45) is 11.7 Å². The lowest BCUT2D eigenvalue weighted by molar-refractivity contribution is -0.434. The highest BCUT2D eigenvalue weighted by atomic mass is 16.6. The molecule has 0 aliphatic heterocycles. The fraction of sp³-hybridized carbons (Fsp3) is 0.231. The van der Waals surface area contributed by atoms with Crippen molar-refractivity contribution in [1.29, 1.82) is 0 Å². The van der Waals surface area contributed by atoms with Gasteiger partial charge in [0.05, 0.1) is 10.8 Å². The Balaban J connectivity index is 2.48. The van der Waals surface area contributed by atoms with Gasteiger partial charge in [0.15, 0.2) is 0 Å². The van der Waals surface area contributed by atoms with Crippen LogP contribution in [0.4, 0.5) is 0 Å². The van der Waals surface area contributed by atoms with E-state index < -0.39 is 0 Å². The van der Waals surface area contributed by atoms with Crippen LogP contribution >= 0.6 is 0 Å². The Labute approximate surface area is 99.6 Å². The van der Waals surface area contributed by atoms with Crippen molar-refractivity contribution < 1.29 is 4.92 Å². The minimum Gasteiger partial charge on any atom is -0.393 e. The van der Waals surface area contributed by atoms with Gasteiger partial charge in [-0.3, -0.25) is 10.1 Å².